The zero-order valence-corrected chi connectivity index (χ0v) is 19.4. The van der Waals surface area contributed by atoms with Gasteiger partial charge in [-0.15, -0.1) is 0 Å². The molecular weight excluding hydrogens is 432 g/mol. The van der Waals surface area contributed by atoms with Gasteiger partial charge in [-0.05, 0) is 121 Å². The van der Waals surface area contributed by atoms with Crippen LogP contribution >= 0.6 is 0 Å². The first-order chi connectivity index (χ1) is 17.9. The monoisotopic (exact) mass is 450 g/mol. The molecule has 0 atom stereocenters. The fourth-order valence-electron chi connectivity index (χ4n) is 7.50. The third-order valence-corrected chi connectivity index (χ3v) is 8.77. The minimum Gasteiger partial charge on any atom is -0.0616 e. The molecule has 0 radical (unpaired) electrons. The highest BCUT2D eigenvalue weighted by Gasteiger charge is 2.24. The van der Waals surface area contributed by atoms with Crippen LogP contribution in [0.25, 0.3) is 97.0 Å². The van der Waals surface area contributed by atoms with Crippen LogP contribution in [0, 0.1) is 0 Å². The maximum atomic E-state index is 2.43. The fourth-order valence-corrected chi connectivity index (χ4v) is 7.50. The average Bonchev–Trinajstić information content (AvgIpc) is 2.92. The molecule has 162 valence electrons. The van der Waals surface area contributed by atoms with Crippen molar-refractivity contribution in [3.63, 3.8) is 0 Å². The first-order valence-corrected chi connectivity index (χ1v) is 12.7. The van der Waals surface area contributed by atoms with Gasteiger partial charge in [-0.3, -0.25) is 0 Å². The Bertz CT molecular complexity index is 2310. The van der Waals surface area contributed by atoms with Crippen molar-refractivity contribution in [1.82, 2.24) is 0 Å². The Labute approximate surface area is 206 Å². The summed E-state index contributed by atoms with van der Waals surface area (Å²) in [4.78, 5) is 0. The molecule has 0 heterocycles. The second kappa shape index (κ2) is 5.75. The smallest absolute Gasteiger partial charge is 0.000115 e. The highest BCUT2D eigenvalue weighted by Crippen LogP contribution is 2.53. The Morgan fingerprint density at radius 1 is 0.222 bits per heavy atom. The van der Waals surface area contributed by atoms with E-state index in [1.807, 2.05) is 0 Å². The van der Waals surface area contributed by atoms with E-state index >= 15 is 0 Å². The summed E-state index contributed by atoms with van der Waals surface area (Å²) in [6.45, 7) is 0. The molecule has 0 aromatic heterocycles. The van der Waals surface area contributed by atoms with Gasteiger partial charge < -0.3 is 0 Å². The Kier molecular flexibility index (Phi) is 2.83. The fraction of sp³-hybridized carbons (Fsp3) is 0. The van der Waals surface area contributed by atoms with E-state index in [-0.39, 0.29) is 0 Å². The maximum absolute atomic E-state index is 2.43. The van der Waals surface area contributed by atoms with Crippen molar-refractivity contribution in [1.29, 1.82) is 0 Å². The van der Waals surface area contributed by atoms with Crippen LogP contribution in [0.5, 0.6) is 0 Å². The first-order valence-electron chi connectivity index (χ1n) is 12.7. The Hall–Kier alpha value is -4.68. The van der Waals surface area contributed by atoms with E-state index in [9.17, 15) is 0 Å². The average molecular weight is 451 g/mol. The van der Waals surface area contributed by atoms with Crippen molar-refractivity contribution in [2.75, 3.05) is 0 Å². The lowest BCUT2D eigenvalue weighted by Crippen LogP contribution is -1.95. The summed E-state index contributed by atoms with van der Waals surface area (Å²) in [5, 5.41) is 24.7. The van der Waals surface area contributed by atoms with E-state index in [0.29, 0.717) is 0 Å². The molecule has 0 aliphatic heterocycles. The van der Waals surface area contributed by atoms with Crippen LogP contribution in [0.15, 0.2) is 109 Å². The molecule has 0 aliphatic rings. The van der Waals surface area contributed by atoms with E-state index in [1.165, 1.54) is 97.0 Å². The molecule has 0 bridgehead atoms. The molecule has 0 aliphatic carbocycles. The topological polar surface area (TPSA) is 0 Å². The predicted molar refractivity (Wildman–Crippen MR) is 158 cm³/mol. The molecule has 0 heteroatoms. The van der Waals surface area contributed by atoms with E-state index < -0.39 is 0 Å². The Morgan fingerprint density at radius 2 is 0.611 bits per heavy atom. The normalized spacial score (nSPS) is 13.0. The van der Waals surface area contributed by atoms with Crippen molar-refractivity contribution in [3.05, 3.63) is 109 Å². The summed E-state index contributed by atoms with van der Waals surface area (Å²) < 4.78 is 0. The molecule has 36 heavy (non-hydrogen) atoms. The summed E-state index contributed by atoms with van der Waals surface area (Å²) in [5.41, 5.74) is 0. The lowest BCUT2D eigenvalue weighted by Gasteiger charge is -2.24. The van der Waals surface area contributed by atoms with Gasteiger partial charge in [-0.2, -0.15) is 0 Å². The molecule has 10 aromatic rings. The number of hydrogen-bond donors (Lipinski definition) is 0. The molecule has 0 fully saturated rings. The third kappa shape index (κ3) is 1.83. The van der Waals surface area contributed by atoms with Crippen LogP contribution < -0.4 is 0 Å². The molecular formula is C36H18. The van der Waals surface area contributed by atoms with Gasteiger partial charge in [0, 0.05) is 0 Å². The first kappa shape index (κ1) is 17.7. The van der Waals surface area contributed by atoms with E-state index in [4.69, 9.17) is 0 Å². The highest BCUT2D eigenvalue weighted by molar-refractivity contribution is 6.52. The quantitative estimate of drug-likeness (QED) is 0.159. The summed E-state index contributed by atoms with van der Waals surface area (Å²) in [6, 6.07) is 41.3. The lowest BCUT2D eigenvalue weighted by molar-refractivity contribution is 1.79. The summed E-state index contributed by atoms with van der Waals surface area (Å²) >= 11 is 0. The van der Waals surface area contributed by atoms with Gasteiger partial charge in [-0.1, -0.05) is 84.9 Å². The van der Waals surface area contributed by atoms with E-state index in [1.54, 1.807) is 0 Å². The van der Waals surface area contributed by atoms with Gasteiger partial charge in [0.1, 0.15) is 0 Å². The minimum atomic E-state index is 1.31. The largest absolute Gasteiger partial charge is 0.0616 e. The summed E-state index contributed by atoms with van der Waals surface area (Å²) in [5.74, 6) is 0. The molecule has 0 saturated heterocycles. The Morgan fingerprint density at radius 3 is 1.11 bits per heavy atom. The van der Waals surface area contributed by atoms with Gasteiger partial charge >= 0.3 is 0 Å². The van der Waals surface area contributed by atoms with Crippen LogP contribution in [0.2, 0.25) is 0 Å². The van der Waals surface area contributed by atoms with Crippen molar-refractivity contribution in [2.24, 2.45) is 0 Å². The zero-order chi connectivity index (χ0) is 23.1. The van der Waals surface area contributed by atoms with Crippen LogP contribution in [0.1, 0.15) is 0 Å². The van der Waals surface area contributed by atoms with Crippen LogP contribution in [-0.4, -0.2) is 0 Å². The van der Waals surface area contributed by atoms with Gasteiger partial charge in [0.25, 0.3) is 0 Å². The number of hydrogen-bond acceptors (Lipinski definition) is 0. The molecule has 0 amide bonds. The van der Waals surface area contributed by atoms with E-state index in [2.05, 4.69) is 109 Å². The van der Waals surface area contributed by atoms with Gasteiger partial charge in [0.05, 0.1) is 0 Å². The molecule has 0 spiro atoms. The lowest BCUT2D eigenvalue weighted by atomic mass is 9.78. The second-order valence-electron chi connectivity index (χ2n) is 10.5. The van der Waals surface area contributed by atoms with Gasteiger partial charge in [0.15, 0.2) is 0 Å². The number of fused-ring (bicyclic) bond motifs is 6. The van der Waals surface area contributed by atoms with Crippen molar-refractivity contribution < 1.29 is 0 Å². The van der Waals surface area contributed by atoms with Crippen molar-refractivity contribution in [3.8, 4) is 0 Å². The van der Waals surface area contributed by atoms with Crippen molar-refractivity contribution >= 4 is 97.0 Å². The standard InChI is InChI=1S/C36H18/c1-3-11-25-19(7-1)15-23-17-21-9-5-13-27-28-14-6-10-22-18-24-16-20-8-2-4-12-26(20)34-32(24)36(30(22)28)35(29(21)27)31(23)33(25)34/h1-18H. The van der Waals surface area contributed by atoms with Crippen LogP contribution in [0.4, 0.5) is 0 Å². The van der Waals surface area contributed by atoms with Crippen LogP contribution in [-0.2, 0) is 0 Å². The number of rotatable bonds is 0. The summed E-state index contributed by atoms with van der Waals surface area (Å²) in [7, 11) is 0. The van der Waals surface area contributed by atoms with Crippen molar-refractivity contribution in [2.45, 2.75) is 0 Å². The van der Waals surface area contributed by atoms with Crippen LogP contribution in [0.3, 0.4) is 0 Å². The third-order valence-electron chi connectivity index (χ3n) is 8.77. The molecule has 0 unspecified atom stereocenters. The number of benzene rings is 10. The SMILES string of the molecule is c1ccc2c(c1)cc1cc3cccc4c5cccc6cc7cc8ccccc8c8c7c(c65)c(c34)c1c28. The maximum Gasteiger partial charge on any atom is -0.000115 e. The molecule has 0 nitrogen and oxygen atoms in total. The molecule has 0 N–H and O–H groups in total. The molecule has 0 saturated carbocycles. The van der Waals surface area contributed by atoms with Gasteiger partial charge in [-0.25, -0.2) is 0 Å². The Balaban J connectivity index is 1.77. The summed E-state index contributed by atoms with van der Waals surface area (Å²) in [6.07, 6.45) is 0. The minimum absolute atomic E-state index is 1.31. The molecule has 10 aromatic carbocycles. The van der Waals surface area contributed by atoms with E-state index in [0.717, 1.165) is 0 Å². The predicted octanol–water partition coefficient (Wildman–Crippen LogP) is 10.4. The second-order valence-corrected chi connectivity index (χ2v) is 10.5. The zero-order valence-electron chi connectivity index (χ0n) is 19.4. The van der Waals surface area contributed by atoms with Gasteiger partial charge in [0.2, 0.25) is 0 Å². The highest BCUT2D eigenvalue weighted by atomic mass is 14.3. The molecule has 10 rings (SSSR count).